The number of amides is 3. The summed E-state index contributed by atoms with van der Waals surface area (Å²) in [6, 6.07) is 18.1. The van der Waals surface area contributed by atoms with Gasteiger partial charge in [0, 0.05) is 41.3 Å². The molecule has 0 saturated carbocycles. The zero-order valence-corrected chi connectivity index (χ0v) is 16.6. The first kappa shape index (κ1) is 18.7. The van der Waals surface area contributed by atoms with E-state index in [1.54, 1.807) is 24.5 Å². The zero-order valence-electron chi connectivity index (χ0n) is 16.6. The van der Waals surface area contributed by atoms with Gasteiger partial charge in [-0.05, 0) is 54.4 Å². The second kappa shape index (κ2) is 7.53. The molecule has 7 nitrogen and oxygen atoms in total. The van der Waals surface area contributed by atoms with Crippen LogP contribution in [0.25, 0.3) is 22.2 Å². The third kappa shape index (κ3) is 3.46. The van der Waals surface area contributed by atoms with Gasteiger partial charge in [0.2, 0.25) is 0 Å². The predicted molar refractivity (Wildman–Crippen MR) is 120 cm³/mol. The van der Waals surface area contributed by atoms with Crippen molar-refractivity contribution in [2.45, 2.75) is 6.42 Å². The van der Waals surface area contributed by atoms with Crippen LogP contribution in [0, 0.1) is 0 Å². The summed E-state index contributed by atoms with van der Waals surface area (Å²) >= 11 is 0. The fourth-order valence-corrected chi connectivity index (χ4v) is 3.93. The molecule has 5 rings (SSSR count). The van der Waals surface area contributed by atoms with E-state index in [0.717, 1.165) is 27.7 Å². The van der Waals surface area contributed by atoms with Crippen LogP contribution in [0.4, 0.5) is 16.2 Å². The van der Waals surface area contributed by atoms with Crippen LogP contribution in [0.3, 0.4) is 0 Å². The van der Waals surface area contributed by atoms with Gasteiger partial charge >= 0.3 is 6.03 Å². The summed E-state index contributed by atoms with van der Waals surface area (Å²) in [5.74, 6) is -0.228. The molecule has 1 aliphatic heterocycles. The maximum Gasteiger partial charge on any atom is 0.319 e. The van der Waals surface area contributed by atoms with Gasteiger partial charge in [0.1, 0.15) is 0 Å². The summed E-state index contributed by atoms with van der Waals surface area (Å²) < 4.78 is 0. The van der Waals surface area contributed by atoms with Gasteiger partial charge in [0.05, 0.1) is 16.8 Å². The number of hydrogen-bond acceptors (Lipinski definition) is 4. The Bertz CT molecular complexity index is 1320. The minimum absolute atomic E-state index is 0.228. The smallest absolute Gasteiger partial charge is 0.319 e. The van der Waals surface area contributed by atoms with Crippen LogP contribution in [-0.4, -0.2) is 28.5 Å². The molecule has 0 unspecified atom stereocenters. The van der Waals surface area contributed by atoms with Crippen molar-refractivity contribution in [2.24, 2.45) is 5.73 Å². The van der Waals surface area contributed by atoms with Gasteiger partial charge in [-0.15, -0.1) is 0 Å². The molecule has 2 aromatic heterocycles. The molecule has 3 N–H and O–H groups in total. The number of para-hydroxylation sites is 1. The van der Waals surface area contributed by atoms with E-state index >= 15 is 0 Å². The van der Waals surface area contributed by atoms with Crippen LogP contribution in [-0.2, 0) is 6.42 Å². The van der Waals surface area contributed by atoms with Crippen molar-refractivity contribution in [1.82, 2.24) is 9.97 Å². The van der Waals surface area contributed by atoms with E-state index in [4.69, 9.17) is 10.7 Å². The van der Waals surface area contributed by atoms with E-state index < -0.39 is 6.03 Å². The Morgan fingerprint density at radius 1 is 1.03 bits per heavy atom. The first-order chi connectivity index (χ1) is 15.1. The fraction of sp³-hybridized carbons (Fsp3) is 0.0833. The molecule has 0 saturated heterocycles. The zero-order chi connectivity index (χ0) is 21.4. The molecule has 0 atom stereocenters. The Labute approximate surface area is 178 Å². The number of carbonyl (C=O) groups excluding carboxylic acids is 2. The third-order valence-corrected chi connectivity index (χ3v) is 5.42. The average molecular weight is 409 g/mol. The number of nitrogens with zero attached hydrogens (tertiary/aromatic N) is 3. The lowest BCUT2D eigenvalue weighted by atomic mass is 10.0. The molecule has 3 heterocycles. The molecule has 7 heteroatoms. The van der Waals surface area contributed by atoms with Gasteiger partial charge in [0.25, 0.3) is 5.91 Å². The second-order valence-electron chi connectivity index (χ2n) is 7.35. The Morgan fingerprint density at radius 3 is 2.71 bits per heavy atom. The molecule has 0 fully saturated rings. The number of anilines is 2. The van der Waals surface area contributed by atoms with E-state index in [1.165, 1.54) is 4.90 Å². The number of fused-ring (bicyclic) bond motifs is 2. The molecule has 0 radical (unpaired) electrons. The van der Waals surface area contributed by atoms with Gasteiger partial charge in [-0.25, -0.2) is 9.78 Å². The van der Waals surface area contributed by atoms with E-state index in [9.17, 15) is 9.59 Å². The van der Waals surface area contributed by atoms with Crippen molar-refractivity contribution in [2.75, 3.05) is 16.8 Å². The van der Waals surface area contributed by atoms with Gasteiger partial charge in [0.15, 0.2) is 0 Å². The SMILES string of the molecule is NC(=O)N1CCc2cc(NC(=O)c3cc(-c4cccnc4)nc4ccccc34)ccc21. The number of urea groups is 1. The number of nitrogens with two attached hydrogens (primary N) is 1. The highest BCUT2D eigenvalue weighted by molar-refractivity contribution is 6.13. The summed E-state index contributed by atoms with van der Waals surface area (Å²) in [6.07, 6.45) is 4.13. The number of benzene rings is 2. The Balaban J connectivity index is 1.51. The van der Waals surface area contributed by atoms with E-state index in [-0.39, 0.29) is 5.91 Å². The molecule has 3 amide bonds. The highest BCUT2D eigenvalue weighted by Gasteiger charge is 2.23. The highest BCUT2D eigenvalue weighted by Crippen LogP contribution is 2.31. The van der Waals surface area contributed by atoms with Gasteiger partial charge in [-0.2, -0.15) is 0 Å². The number of hydrogen-bond donors (Lipinski definition) is 2. The third-order valence-electron chi connectivity index (χ3n) is 5.42. The molecule has 1 aliphatic rings. The van der Waals surface area contributed by atoms with Crippen molar-refractivity contribution in [3.63, 3.8) is 0 Å². The molecular formula is C24H19N5O2. The molecular weight excluding hydrogens is 390 g/mol. The monoisotopic (exact) mass is 409 g/mol. The molecule has 0 bridgehead atoms. The van der Waals surface area contributed by atoms with E-state index in [0.29, 0.717) is 29.9 Å². The minimum atomic E-state index is -0.471. The lowest BCUT2D eigenvalue weighted by molar-refractivity contribution is 0.102. The molecule has 152 valence electrons. The van der Waals surface area contributed by atoms with Crippen LogP contribution in [0.15, 0.2) is 73.1 Å². The first-order valence-corrected chi connectivity index (χ1v) is 9.91. The van der Waals surface area contributed by atoms with Crippen molar-refractivity contribution in [3.05, 3.63) is 84.2 Å². The number of primary amides is 1. The van der Waals surface area contributed by atoms with Crippen molar-refractivity contribution >= 4 is 34.2 Å². The van der Waals surface area contributed by atoms with Crippen LogP contribution in [0.1, 0.15) is 15.9 Å². The van der Waals surface area contributed by atoms with Crippen molar-refractivity contribution in [1.29, 1.82) is 0 Å². The van der Waals surface area contributed by atoms with Crippen LogP contribution in [0.2, 0.25) is 0 Å². The topological polar surface area (TPSA) is 101 Å². The quantitative estimate of drug-likeness (QED) is 0.534. The average Bonchev–Trinajstić information content (AvgIpc) is 3.22. The lowest BCUT2D eigenvalue weighted by Crippen LogP contribution is -2.33. The first-order valence-electron chi connectivity index (χ1n) is 9.91. The number of aromatic nitrogens is 2. The standard InChI is InChI=1S/C24H19N5O2/c25-24(31)29-11-9-15-12-17(7-8-22(15)29)27-23(30)19-13-21(16-4-3-10-26-14-16)28-20-6-2-1-5-18(19)20/h1-8,10,12-14H,9,11H2,(H2,25,31)(H,27,30). The number of carbonyl (C=O) groups is 2. The van der Waals surface area contributed by atoms with Gasteiger partial charge < -0.3 is 11.1 Å². The van der Waals surface area contributed by atoms with E-state index in [2.05, 4.69) is 10.3 Å². The largest absolute Gasteiger partial charge is 0.351 e. The van der Waals surface area contributed by atoms with Gasteiger partial charge in [-0.1, -0.05) is 18.2 Å². The molecule has 31 heavy (non-hydrogen) atoms. The maximum atomic E-state index is 13.2. The maximum absolute atomic E-state index is 13.2. The van der Waals surface area contributed by atoms with Crippen LogP contribution in [0.5, 0.6) is 0 Å². The van der Waals surface area contributed by atoms with Crippen LogP contribution >= 0.6 is 0 Å². The summed E-state index contributed by atoms with van der Waals surface area (Å²) in [6.45, 7) is 0.547. The Hall–Kier alpha value is -4.26. The Kier molecular flexibility index (Phi) is 4.55. The second-order valence-corrected chi connectivity index (χ2v) is 7.35. The minimum Gasteiger partial charge on any atom is -0.351 e. The number of pyridine rings is 2. The summed E-state index contributed by atoms with van der Waals surface area (Å²) in [7, 11) is 0. The van der Waals surface area contributed by atoms with Gasteiger partial charge in [-0.3, -0.25) is 14.7 Å². The fourth-order valence-electron chi connectivity index (χ4n) is 3.93. The molecule has 0 aliphatic carbocycles. The predicted octanol–water partition coefficient (Wildman–Crippen LogP) is 3.99. The molecule has 0 spiro atoms. The normalized spacial score (nSPS) is 12.6. The summed E-state index contributed by atoms with van der Waals surface area (Å²) in [5.41, 5.74) is 10.7. The molecule has 2 aromatic carbocycles. The molecule has 4 aromatic rings. The van der Waals surface area contributed by atoms with Crippen molar-refractivity contribution < 1.29 is 9.59 Å². The number of rotatable bonds is 3. The summed E-state index contributed by atoms with van der Waals surface area (Å²) in [5, 5.41) is 3.76. The Morgan fingerprint density at radius 2 is 1.90 bits per heavy atom. The lowest BCUT2D eigenvalue weighted by Gasteiger charge is -2.15. The summed E-state index contributed by atoms with van der Waals surface area (Å²) in [4.78, 5) is 35.2. The van der Waals surface area contributed by atoms with Crippen molar-refractivity contribution in [3.8, 4) is 11.3 Å². The number of nitrogens with one attached hydrogen (secondary N) is 1. The van der Waals surface area contributed by atoms with E-state index in [1.807, 2.05) is 48.5 Å². The van der Waals surface area contributed by atoms with Crippen LogP contribution < -0.4 is 16.0 Å². The highest BCUT2D eigenvalue weighted by atomic mass is 16.2.